The number of sulfonamides is 1. The maximum absolute atomic E-state index is 13.6. The molecular weight excluding hydrogens is 454 g/mol. The summed E-state index contributed by atoms with van der Waals surface area (Å²) in [7, 11) is -2.13. The van der Waals surface area contributed by atoms with E-state index in [1.165, 1.54) is 10.4 Å². The van der Waals surface area contributed by atoms with E-state index < -0.39 is 22.0 Å². The van der Waals surface area contributed by atoms with Gasteiger partial charge in [-0.15, -0.1) is 0 Å². The normalized spacial score (nSPS) is 20.8. The van der Waals surface area contributed by atoms with Crippen molar-refractivity contribution in [3.8, 4) is 5.75 Å². The Bertz CT molecular complexity index is 1210. The molecular formula is C25H31N3O5S. The first-order valence-corrected chi connectivity index (χ1v) is 13.0. The van der Waals surface area contributed by atoms with Gasteiger partial charge in [0.1, 0.15) is 5.75 Å². The quantitative estimate of drug-likeness (QED) is 0.700. The van der Waals surface area contributed by atoms with E-state index in [9.17, 15) is 18.0 Å². The molecule has 0 bridgehead atoms. The molecule has 2 heterocycles. The second kappa shape index (κ2) is 9.38. The van der Waals surface area contributed by atoms with Gasteiger partial charge >= 0.3 is 0 Å². The lowest BCUT2D eigenvalue weighted by molar-refractivity contribution is -0.124. The number of nitrogens with one attached hydrogen (secondary N) is 1. The van der Waals surface area contributed by atoms with Gasteiger partial charge < -0.3 is 15.0 Å². The highest BCUT2D eigenvalue weighted by Crippen LogP contribution is 2.37. The van der Waals surface area contributed by atoms with Crippen LogP contribution in [0.25, 0.3) is 0 Å². The standard InChI is InChI=1S/C25H31N3O5S/c1-5-21-24(29)26-20-13-17(3)23(14-22(20)33-21)34(31,32)28-12-6-7-18(15-28)25(30)27(4)19-10-8-16(2)9-11-19/h8-11,13-14,18,21H,5-7,12,15H2,1-4H3,(H,26,29)/t18-,21-/m0/s1. The Morgan fingerprint density at radius 1 is 1.21 bits per heavy atom. The van der Waals surface area contributed by atoms with Gasteiger partial charge in [-0.2, -0.15) is 4.31 Å². The number of carbonyl (C=O) groups is 2. The smallest absolute Gasteiger partial charge is 0.265 e. The topological polar surface area (TPSA) is 96.0 Å². The van der Waals surface area contributed by atoms with Gasteiger partial charge in [0.05, 0.1) is 16.5 Å². The van der Waals surface area contributed by atoms with E-state index in [-0.39, 0.29) is 23.3 Å². The third-order valence-electron chi connectivity index (χ3n) is 6.57. The fourth-order valence-electron chi connectivity index (χ4n) is 4.50. The summed E-state index contributed by atoms with van der Waals surface area (Å²) in [6.45, 7) is 6.00. The largest absolute Gasteiger partial charge is 0.478 e. The lowest BCUT2D eigenvalue weighted by atomic mass is 9.98. The van der Waals surface area contributed by atoms with E-state index in [2.05, 4.69) is 5.32 Å². The van der Waals surface area contributed by atoms with Crippen LogP contribution in [0.3, 0.4) is 0 Å². The first kappa shape index (κ1) is 24.2. The van der Waals surface area contributed by atoms with Gasteiger partial charge in [0.15, 0.2) is 6.10 Å². The monoisotopic (exact) mass is 485 g/mol. The van der Waals surface area contributed by atoms with E-state index in [0.717, 1.165) is 11.3 Å². The lowest BCUT2D eigenvalue weighted by Gasteiger charge is -2.34. The minimum atomic E-state index is -3.86. The summed E-state index contributed by atoms with van der Waals surface area (Å²) in [5.74, 6) is -0.407. The Labute approximate surface area is 200 Å². The van der Waals surface area contributed by atoms with Crippen LogP contribution in [0.2, 0.25) is 0 Å². The predicted octanol–water partition coefficient (Wildman–Crippen LogP) is 3.48. The van der Waals surface area contributed by atoms with Gasteiger partial charge in [-0.05, 0) is 56.9 Å². The Kier molecular flexibility index (Phi) is 6.69. The number of nitrogens with zero attached hydrogens (tertiary/aromatic N) is 2. The maximum Gasteiger partial charge on any atom is 0.265 e. The number of piperidine rings is 1. The van der Waals surface area contributed by atoms with Crippen LogP contribution >= 0.6 is 0 Å². The van der Waals surface area contributed by atoms with Gasteiger partial charge in [0, 0.05) is 31.9 Å². The number of hydrogen-bond acceptors (Lipinski definition) is 5. The molecule has 2 amide bonds. The van der Waals surface area contributed by atoms with E-state index in [1.54, 1.807) is 24.9 Å². The number of hydrogen-bond donors (Lipinski definition) is 1. The van der Waals surface area contributed by atoms with Crippen LogP contribution in [-0.4, -0.2) is 50.8 Å². The van der Waals surface area contributed by atoms with Crippen LogP contribution in [0.1, 0.15) is 37.3 Å². The Morgan fingerprint density at radius 3 is 2.59 bits per heavy atom. The molecule has 9 heteroatoms. The molecule has 0 aromatic heterocycles. The first-order chi connectivity index (χ1) is 16.1. The van der Waals surface area contributed by atoms with Crippen molar-refractivity contribution in [2.45, 2.75) is 51.0 Å². The first-order valence-electron chi connectivity index (χ1n) is 11.6. The SMILES string of the molecule is CC[C@@H]1Oc2cc(S(=O)(=O)N3CCC[C@H](C(=O)N(C)c4ccc(C)cc4)C3)c(C)cc2NC1=O. The van der Waals surface area contributed by atoms with Gasteiger partial charge in [0.2, 0.25) is 15.9 Å². The van der Waals surface area contributed by atoms with Crippen molar-refractivity contribution in [2.24, 2.45) is 5.92 Å². The van der Waals surface area contributed by atoms with E-state index in [1.807, 2.05) is 38.1 Å². The zero-order valence-electron chi connectivity index (χ0n) is 20.0. The molecule has 182 valence electrons. The summed E-state index contributed by atoms with van der Waals surface area (Å²) in [6.07, 6.45) is 1.06. The van der Waals surface area contributed by atoms with Crippen LogP contribution < -0.4 is 15.0 Å². The molecule has 0 radical (unpaired) electrons. The van der Waals surface area contributed by atoms with Crippen molar-refractivity contribution < 1.29 is 22.7 Å². The number of anilines is 2. The minimum Gasteiger partial charge on any atom is -0.478 e. The molecule has 2 aromatic rings. The summed E-state index contributed by atoms with van der Waals surface area (Å²) in [5.41, 5.74) is 2.87. The predicted molar refractivity (Wildman–Crippen MR) is 131 cm³/mol. The fraction of sp³-hybridized carbons (Fsp3) is 0.440. The number of ether oxygens (including phenoxy) is 1. The van der Waals surface area contributed by atoms with Crippen molar-refractivity contribution in [3.05, 3.63) is 47.5 Å². The molecule has 2 aliphatic rings. The molecule has 1 fully saturated rings. The number of carbonyl (C=O) groups excluding carboxylic acids is 2. The molecule has 0 spiro atoms. The molecule has 8 nitrogen and oxygen atoms in total. The molecule has 2 atom stereocenters. The Hall–Kier alpha value is -2.91. The van der Waals surface area contributed by atoms with Gasteiger partial charge in [-0.3, -0.25) is 9.59 Å². The van der Waals surface area contributed by atoms with Gasteiger partial charge in [-0.1, -0.05) is 24.6 Å². The summed E-state index contributed by atoms with van der Waals surface area (Å²) in [5, 5.41) is 2.79. The molecule has 0 saturated carbocycles. The van der Waals surface area contributed by atoms with Crippen molar-refractivity contribution in [2.75, 3.05) is 30.4 Å². The molecule has 1 saturated heterocycles. The zero-order chi connectivity index (χ0) is 24.6. The highest BCUT2D eigenvalue weighted by Gasteiger charge is 2.36. The fourth-order valence-corrected chi connectivity index (χ4v) is 6.25. The summed E-state index contributed by atoms with van der Waals surface area (Å²) in [4.78, 5) is 27.0. The zero-order valence-corrected chi connectivity index (χ0v) is 20.8. The summed E-state index contributed by atoms with van der Waals surface area (Å²) < 4.78 is 34.4. The summed E-state index contributed by atoms with van der Waals surface area (Å²) in [6, 6.07) is 10.8. The third-order valence-corrected chi connectivity index (χ3v) is 8.58. The summed E-state index contributed by atoms with van der Waals surface area (Å²) >= 11 is 0. The van der Waals surface area contributed by atoms with E-state index >= 15 is 0 Å². The minimum absolute atomic E-state index is 0.0947. The second-order valence-electron chi connectivity index (χ2n) is 9.05. The molecule has 0 aliphatic carbocycles. The molecule has 2 aliphatic heterocycles. The average molecular weight is 486 g/mol. The number of rotatable bonds is 5. The van der Waals surface area contributed by atoms with Crippen molar-refractivity contribution in [3.63, 3.8) is 0 Å². The van der Waals surface area contributed by atoms with E-state index in [0.29, 0.717) is 42.8 Å². The molecule has 1 N–H and O–H groups in total. The molecule has 0 unspecified atom stereocenters. The average Bonchev–Trinajstić information content (AvgIpc) is 2.83. The van der Waals surface area contributed by atoms with Crippen molar-refractivity contribution in [1.29, 1.82) is 0 Å². The van der Waals surface area contributed by atoms with Crippen LogP contribution in [0.4, 0.5) is 11.4 Å². The molecule has 34 heavy (non-hydrogen) atoms. The number of aryl methyl sites for hydroxylation is 2. The van der Waals surface area contributed by atoms with Crippen molar-refractivity contribution in [1.82, 2.24) is 4.31 Å². The number of benzene rings is 2. The second-order valence-corrected chi connectivity index (χ2v) is 11.0. The van der Waals surface area contributed by atoms with Crippen LogP contribution in [-0.2, 0) is 19.6 Å². The lowest BCUT2D eigenvalue weighted by Crippen LogP contribution is -2.46. The maximum atomic E-state index is 13.6. The number of amides is 2. The highest BCUT2D eigenvalue weighted by molar-refractivity contribution is 7.89. The highest BCUT2D eigenvalue weighted by atomic mass is 32.2. The Morgan fingerprint density at radius 2 is 1.91 bits per heavy atom. The van der Waals surface area contributed by atoms with Crippen molar-refractivity contribution >= 4 is 33.2 Å². The van der Waals surface area contributed by atoms with Crippen LogP contribution in [0, 0.1) is 19.8 Å². The third kappa shape index (κ3) is 4.54. The van der Waals surface area contributed by atoms with Gasteiger partial charge in [-0.25, -0.2) is 8.42 Å². The molecule has 2 aromatic carbocycles. The molecule has 4 rings (SSSR count). The Balaban J connectivity index is 1.56. The number of fused-ring (bicyclic) bond motifs is 1. The van der Waals surface area contributed by atoms with Gasteiger partial charge in [0.25, 0.3) is 5.91 Å². The van der Waals surface area contributed by atoms with E-state index in [4.69, 9.17) is 4.74 Å². The van der Waals surface area contributed by atoms with Crippen LogP contribution in [0.15, 0.2) is 41.3 Å². The van der Waals surface area contributed by atoms with Crippen LogP contribution in [0.5, 0.6) is 5.75 Å².